The predicted octanol–water partition coefficient (Wildman–Crippen LogP) is 3.31. The Bertz CT molecular complexity index is 842. The third-order valence-corrected chi connectivity index (χ3v) is 4.43. The van der Waals surface area contributed by atoms with E-state index in [1.807, 2.05) is 6.92 Å². The molecule has 3 rings (SSSR count). The van der Waals surface area contributed by atoms with Gasteiger partial charge in [0.15, 0.2) is 5.13 Å². The van der Waals surface area contributed by atoms with E-state index in [0.717, 1.165) is 16.4 Å². The topological polar surface area (TPSA) is 69.6 Å². The maximum atomic E-state index is 13.3. The number of hydrogen-bond acceptors (Lipinski definition) is 5. The fourth-order valence-corrected chi connectivity index (χ4v) is 3.16. The number of rotatable bonds is 3. The van der Waals surface area contributed by atoms with E-state index in [0.29, 0.717) is 23.1 Å². The molecule has 0 amide bonds. The van der Waals surface area contributed by atoms with Crippen LogP contribution in [-0.2, 0) is 6.42 Å². The van der Waals surface area contributed by atoms with Gasteiger partial charge in [-0.1, -0.05) is 11.6 Å². The molecule has 0 unspecified atom stereocenters. The van der Waals surface area contributed by atoms with Crippen LogP contribution in [0.15, 0.2) is 18.2 Å². The zero-order chi connectivity index (χ0) is 15.9. The average molecular weight is 338 g/mol. The molecule has 3 aromatic rings. The van der Waals surface area contributed by atoms with Gasteiger partial charge in [0.05, 0.1) is 16.4 Å². The fraction of sp³-hybridized carbons (Fsp3) is 0.214. The summed E-state index contributed by atoms with van der Waals surface area (Å²) in [6, 6.07) is 4.46. The fourth-order valence-electron chi connectivity index (χ4n) is 2.16. The lowest BCUT2D eigenvalue weighted by Gasteiger charge is -2.06. The van der Waals surface area contributed by atoms with E-state index in [4.69, 9.17) is 17.3 Å². The molecule has 114 valence electrons. The molecule has 2 aromatic heterocycles. The zero-order valence-corrected chi connectivity index (χ0v) is 13.5. The summed E-state index contributed by atoms with van der Waals surface area (Å²) in [7, 11) is 0. The van der Waals surface area contributed by atoms with Crippen molar-refractivity contribution in [3.63, 3.8) is 0 Å². The van der Waals surface area contributed by atoms with Crippen molar-refractivity contribution in [1.29, 1.82) is 0 Å². The monoisotopic (exact) mass is 337 g/mol. The van der Waals surface area contributed by atoms with Gasteiger partial charge in [-0.15, -0.1) is 11.3 Å². The van der Waals surface area contributed by atoms with Crippen molar-refractivity contribution < 1.29 is 4.39 Å². The van der Waals surface area contributed by atoms with Gasteiger partial charge in [0.25, 0.3) is 0 Å². The molecule has 0 radical (unpaired) electrons. The molecule has 22 heavy (non-hydrogen) atoms. The van der Waals surface area contributed by atoms with Crippen LogP contribution in [-0.4, -0.2) is 19.7 Å². The maximum Gasteiger partial charge on any atom is 0.180 e. The first-order chi connectivity index (χ1) is 10.4. The average Bonchev–Trinajstić information content (AvgIpc) is 2.96. The van der Waals surface area contributed by atoms with Crippen LogP contribution in [0.3, 0.4) is 0 Å². The summed E-state index contributed by atoms with van der Waals surface area (Å²) in [5, 5.41) is 4.94. The minimum atomic E-state index is -0.463. The Morgan fingerprint density at radius 2 is 2.09 bits per heavy atom. The van der Waals surface area contributed by atoms with Gasteiger partial charge in [-0.2, -0.15) is 5.10 Å². The molecule has 0 fully saturated rings. The summed E-state index contributed by atoms with van der Waals surface area (Å²) >= 11 is 7.28. The van der Waals surface area contributed by atoms with Crippen molar-refractivity contribution in [2.24, 2.45) is 0 Å². The van der Waals surface area contributed by atoms with Crippen molar-refractivity contribution >= 4 is 28.1 Å². The highest BCUT2D eigenvalue weighted by molar-refractivity contribution is 7.15. The van der Waals surface area contributed by atoms with Crippen LogP contribution in [0.5, 0.6) is 0 Å². The lowest BCUT2D eigenvalue weighted by Crippen LogP contribution is -2.04. The number of nitrogens with zero attached hydrogens (tertiary/aromatic N) is 4. The maximum absolute atomic E-state index is 13.3. The Kier molecular flexibility index (Phi) is 3.84. The molecular weight excluding hydrogens is 325 g/mol. The number of aryl methyl sites for hydroxylation is 2. The van der Waals surface area contributed by atoms with Crippen molar-refractivity contribution in [3.05, 3.63) is 51.3 Å². The number of thiazole rings is 1. The highest BCUT2D eigenvalue weighted by Gasteiger charge is 2.15. The van der Waals surface area contributed by atoms with E-state index < -0.39 is 5.82 Å². The Hall–Kier alpha value is -1.99. The standard InChI is InChI=1S/C14H13ClFN5S/c1-7-12(22-14(17)18-7)6-13-19-8(2)20-21(13)9-3-4-11(16)10(15)5-9/h3-5H,6H2,1-2H3,(H2,17,18). The lowest BCUT2D eigenvalue weighted by molar-refractivity contribution is 0.627. The normalized spacial score (nSPS) is 11.1. The van der Waals surface area contributed by atoms with Crippen LogP contribution in [0.1, 0.15) is 22.2 Å². The molecule has 0 spiro atoms. The Labute approximate surface area is 135 Å². The van der Waals surface area contributed by atoms with Crippen molar-refractivity contribution in [2.45, 2.75) is 20.3 Å². The first-order valence-corrected chi connectivity index (χ1v) is 7.73. The summed E-state index contributed by atoms with van der Waals surface area (Å²) in [6.07, 6.45) is 0.552. The van der Waals surface area contributed by atoms with Crippen molar-refractivity contribution in [2.75, 3.05) is 5.73 Å². The second-order valence-electron chi connectivity index (χ2n) is 4.82. The van der Waals surface area contributed by atoms with E-state index in [1.165, 1.54) is 23.5 Å². The third-order valence-electron chi connectivity index (χ3n) is 3.16. The molecule has 5 nitrogen and oxygen atoms in total. The van der Waals surface area contributed by atoms with Crippen LogP contribution in [0, 0.1) is 19.7 Å². The van der Waals surface area contributed by atoms with Crippen LogP contribution < -0.4 is 5.73 Å². The number of halogens is 2. The van der Waals surface area contributed by atoms with E-state index in [2.05, 4.69) is 15.1 Å². The van der Waals surface area contributed by atoms with Crippen LogP contribution in [0.2, 0.25) is 5.02 Å². The second-order valence-corrected chi connectivity index (χ2v) is 6.35. The molecule has 8 heteroatoms. The van der Waals surface area contributed by atoms with E-state index >= 15 is 0 Å². The van der Waals surface area contributed by atoms with Gasteiger partial charge in [-0.05, 0) is 32.0 Å². The predicted molar refractivity (Wildman–Crippen MR) is 85.1 cm³/mol. The van der Waals surface area contributed by atoms with Crippen molar-refractivity contribution in [1.82, 2.24) is 19.7 Å². The van der Waals surface area contributed by atoms with E-state index in [1.54, 1.807) is 17.7 Å². The number of aromatic nitrogens is 4. The Morgan fingerprint density at radius 3 is 2.73 bits per heavy atom. The molecule has 0 aliphatic rings. The molecule has 2 N–H and O–H groups in total. The minimum absolute atomic E-state index is 0.0508. The smallest absolute Gasteiger partial charge is 0.180 e. The molecule has 0 atom stereocenters. The molecule has 0 bridgehead atoms. The number of benzene rings is 1. The van der Waals surface area contributed by atoms with Gasteiger partial charge < -0.3 is 5.73 Å². The summed E-state index contributed by atoms with van der Waals surface area (Å²) in [4.78, 5) is 9.68. The summed E-state index contributed by atoms with van der Waals surface area (Å²) < 4.78 is 15.0. The van der Waals surface area contributed by atoms with Gasteiger partial charge >= 0.3 is 0 Å². The lowest BCUT2D eigenvalue weighted by atomic mass is 10.2. The first-order valence-electron chi connectivity index (χ1n) is 6.54. The Balaban J connectivity index is 2.02. The Morgan fingerprint density at radius 1 is 1.32 bits per heavy atom. The van der Waals surface area contributed by atoms with Gasteiger partial charge in [0, 0.05) is 11.3 Å². The quantitative estimate of drug-likeness (QED) is 0.796. The molecule has 0 aliphatic heterocycles. The van der Waals surface area contributed by atoms with E-state index in [9.17, 15) is 4.39 Å². The second kappa shape index (κ2) is 5.66. The summed E-state index contributed by atoms with van der Waals surface area (Å²) in [5.41, 5.74) is 7.27. The number of anilines is 1. The largest absolute Gasteiger partial charge is 0.375 e. The number of hydrogen-bond donors (Lipinski definition) is 1. The molecule has 1 aromatic carbocycles. The van der Waals surface area contributed by atoms with Crippen molar-refractivity contribution in [3.8, 4) is 5.69 Å². The van der Waals surface area contributed by atoms with Gasteiger partial charge in [-0.3, -0.25) is 0 Å². The minimum Gasteiger partial charge on any atom is -0.375 e. The van der Waals surface area contributed by atoms with Crippen LogP contribution >= 0.6 is 22.9 Å². The van der Waals surface area contributed by atoms with Gasteiger partial charge in [-0.25, -0.2) is 19.0 Å². The molecule has 0 aliphatic carbocycles. The summed E-state index contributed by atoms with van der Waals surface area (Å²) in [6.45, 7) is 3.71. The number of nitrogen functional groups attached to an aromatic ring is 1. The summed E-state index contributed by atoms with van der Waals surface area (Å²) in [5.74, 6) is 0.896. The molecule has 0 saturated heterocycles. The highest BCUT2D eigenvalue weighted by atomic mass is 35.5. The van der Waals surface area contributed by atoms with Gasteiger partial charge in [0.2, 0.25) is 0 Å². The third kappa shape index (κ3) is 2.82. The molecule has 0 saturated carbocycles. The van der Waals surface area contributed by atoms with E-state index in [-0.39, 0.29) is 5.02 Å². The molecular formula is C14H13ClFN5S. The highest BCUT2D eigenvalue weighted by Crippen LogP contribution is 2.24. The van der Waals surface area contributed by atoms with Crippen LogP contribution in [0.4, 0.5) is 9.52 Å². The first kappa shape index (κ1) is 14.9. The molecule has 2 heterocycles. The SMILES string of the molecule is Cc1nc(Cc2sc(N)nc2C)n(-c2ccc(F)c(Cl)c2)n1. The number of nitrogens with two attached hydrogens (primary N) is 1. The van der Waals surface area contributed by atoms with Gasteiger partial charge in [0.1, 0.15) is 17.5 Å². The zero-order valence-electron chi connectivity index (χ0n) is 12.0. The van der Waals surface area contributed by atoms with Crippen LogP contribution in [0.25, 0.3) is 5.69 Å².